The number of piperazine rings is 1. The van der Waals surface area contributed by atoms with E-state index in [4.69, 9.17) is 9.84 Å². The molecule has 0 radical (unpaired) electrons. The standard InChI is InChI=1S/C9H20N2O2.2C2H6/c1-10-2-4-11(5-3-10)6-8-13-9-7-12;2*1-2/h12H,2-9H2,1H3;2*1-2H3. The van der Waals surface area contributed by atoms with Crippen LogP contribution in [0.5, 0.6) is 0 Å². The maximum absolute atomic E-state index is 8.49. The highest BCUT2D eigenvalue weighted by Crippen LogP contribution is 1.97. The summed E-state index contributed by atoms with van der Waals surface area (Å²) in [5, 5.41) is 8.49. The summed E-state index contributed by atoms with van der Waals surface area (Å²) in [7, 11) is 2.15. The molecule has 0 spiro atoms. The van der Waals surface area contributed by atoms with Crippen molar-refractivity contribution in [2.24, 2.45) is 0 Å². The van der Waals surface area contributed by atoms with Gasteiger partial charge < -0.3 is 14.7 Å². The molecule has 0 saturated carbocycles. The molecule has 106 valence electrons. The van der Waals surface area contributed by atoms with Gasteiger partial charge in [-0.15, -0.1) is 0 Å². The summed E-state index contributed by atoms with van der Waals surface area (Å²) < 4.78 is 5.21. The zero-order valence-corrected chi connectivity index (χ0v) is 12.4. The van der Waals surface area contributed by atoms with Crippen LogP contribution in [0, 0.1) is 0 Å². The molecule has 1 saturated heterocycles. The molecule has 1 fully saturated rings. The zero-order valence-electron chi connectivity index (χ0n) is 12.4. The molecule has 1 aliphatic heterocycles. The van der Waals surface area contributed by atoms with Gasteiger partial charge in [0.2, 0.25) is 0 Å². The molecule has 0 aromatic rings. The summed E-state index contributed by atoms with van der Waals surface area (Å²) in [4.78, 5) is 4.74. The minimum absolute atomic E-state index is 0.128. The first-order valence-corrected chi connectivity index (χ1v) is 6.92. The van der Waals surface area contributed by atoms with Gasteiger partial charge in [-0.25, -0.2) is 0 Å². The van der Waals surface area contributed by atoms with Gasteiger partial charge in [0.05, 0.1) is 19.8 Å². The molecule has 0 bridgehead atoms. The third kappa shape index (κ3) is 12.1. The average Bonchev–Trinajstić information content (AvgIpc) is 2.41. The Morgan fingerprint density at radius 2 is 1.47 bits per heavy atom. The van der Waals surface area contributed by atoms with Crippen LogP contribution in [-0.4, -0.2) is 74.5 Å². The number of nitrogens with zero attached hydrogens (tertiary/aromatic N) is 2. The number of hydrogen-bond donors (Lipinski definition) is 1. The van der Waals surface area contributed by atoms with Crippen LogP contribution < -0.4 is 0 Å². The number of ether oxygens (including phenoxy) is 1. The molecular formula is C13H32N2O2. The second-order valence-electron chi connectivity index (χ2n) is 3.48. The van der Waals surface area contributed by atoms with Crippen molar-refractivity contribution in [3.8, 4) is 0 Å². The van der Waals surface area contributed by atoms with E-state index in [1.54, 1.807) is 0 Å². The van der Waals surface area contributed by atoms with Crippen molar-refractivity contribution < 1.29 is 9.84 Å². The Kier molecular flexibility index (Phi) is 17.9. The fraction of sp³-hybridized carbons (Fsp3) is 1.00. The van der Waals surface area contributed by atoms with Gasteiger partial charge in [0, 0.05) is 32.7 Å². The molecule has 1 heterocycles. The summed E-state index contributed by atoms with van der Waals surface area (Å²) in [6, 6.07) is 0. The molecular weight excluding hydrogens is 216 g/mol. The van der Waals surface area contributed by atoms with Gasteiger partial charge in [-0.2, -0.15) is 0 Å². The van der Waals surface area contributed by atoms with Crippen molar-refractivity contribution >= 4 is 0 Å². The van der Waals surface area contributed by atoms with Crippen LogP contribution in [0.3, 0.4) is 0 Å². The van der Waals surface area contributed by atoms with Crippen LogP contribution in [0.4, 0.5) is 0 Å². The molecule has 4 heteroatoms. The lowest BCUT2D eigenvalue weighted by molar-refractivity contribution is 0.0613. The fourth-order valence-corrected chi connectivity index (χ4v) is 1.43. The zero-order chi connectivity index (χ0) is 13.5. The first kappa shape index (κ1) is 19.2. The monoisotopic (exact) mass is 248 g/mol. The maximum Gasteiger partial charge on any atom is 0.0698 e. The Labute approximate surface area is 108 Å². The third-order valence-electron chi connectivity index (χ3n) is 2.38. The van der Waals surface area contributed by atoms with Crippen LogP contribution in [0.25, 0.3) is 0 Å². The minimum atomic E-state index is 0.128. The summed E-state index contributed by atoms with van der Waals surface area (Å²) in [6.45, 7) is 14.9. The molecule has 0 aromatic heterocycles. The van der Waals surface area contributed by atoms with Gasteiger partial charge in [-0.1, -0.05) is 27.7 Å². The van der Waals surface area contributed by atoms with E-state index in [0.29, 0.717) is 6.61 Å². The summed E-state index contributed by atoms with van der Waals surface area (Å²) in [6.07, 6.45) is 0. The highest BCUT2D eigenvalue weighted by molar-refractivity contribution is 4.68. The fourth-order valence-electron chi connectivity index (χ4n) is 1.43. The quantitative estimate of drug-likeness (QED) is 0.744. The number of aliphatic hydroxyl groups is 1. The van der Waals surface area contributed by atoms with Crippen molar-refractivity contribution in [1.29, 1.82) is 0 Å². The first-order valence-electron chi connectivity index (χ1n) is 6.92. The Balaban J connectivity index is 0. The lowest BCUT2D eigenvalue weighted by Crippen LogP contribution is -2.45. The Morgan fingerprint density at radius 3 is 1.94 bits per heavy atom. The Morgan fingerprint density at radius 1 is 0.941 bits per heavy atom. The van der Waals surface area contributed by atoms with E-state index < -0.39 is 0 Å². The normalized spacial score (nSPS) is 16.6. The molecule has 4 nitrogen and oxygen atoms in total. The summed E-state index contributed by atoms with van der Waals surface area (Å²) >= 11 is 0. The molecule has 1 aliphatic rings. The van der Waals surface area contributed by atoms with Crippen molar-refractivity contribution in [2.75, 3.05) is 59.6 Å². The van der Waals surface area contributed by atoms with Crippen LogP contribution in [0.1, 0.15) is 27.7 Å². The van der Waals surface area contributed by atoms with Crippen LogP contribution in [-0.2, 0) is 4.74 Å². The Bertz CT molecular complexity index is 127. The van der Waals surface area contributed by atoms with Gasteiger partial charge in [0.25, 0.3) is 0 Å². The summed E-state index contributed by atoms with van der Waals surface area (Å²) in [5.41, 5.74) is 0. The lowest BCUT2D eigenvalue weighted by Gasteiger charge is -2.32. The second kappa shape index (κ2) is 15.8. The predicted molar refractivity (Wildman–Crippen MR) is 74.5 cm³/mol. The van der Waals surface area contributed by atoms with Gasteiger partial charge in [0.1, 0.15) is 0 Å². The average molecular weight is 248 g/mol. The van der Waals surface area contributed by atoms with Gasteiger partial charge in [0.15, 0.2) is 0 Å². The second-order valence-corrected chi connectivity index (χ2v) is 3.48. The van der Waals surface area contributed by atoms with Crippen molar-refractivity contribution in [3.63, 3.8) is 0 Å². The molecule has 17 heavy (non-hydrogen) atoms. The number of rotatable bonds is 5. The molecule has 0 aromatic carbocycles. The van der Waals surface area contributed by atoms with E-state index in [9.17, 15) is 0 Å². The van der Waals surface area contributed by atoms with E-state index in [-0.39, 0.29) is 6.61 Å². The Hall–Kier alpha value is -0.160. The van der Waals surface area contributed by atoms with E-state index in [2.05, 4.69) is 16.8 Å². The molecule has 1 N–H and O–H groups in total. The summed E-state index contributed by atoms with van der Waals surface area (Å²) in [5.74, 6) is 0. The molecule has 0 aliphatic carbocycles. The van der Waals surface area contributed by atoms with Crippen LogP contribution in [0.15, 0.2) is 0 Å². The largest absolute Gasteiger partial charge is 0.394 e. The molecule has 0 unspecified atom stereocenters. The molecule has 0 amide bonds. The van der Waals surface area contributed by atoms with Gasteiger partial charge >= 0.3 is 0 Å². The minimum Gasteiger partial charge on any atom is -0.394 e. The predicted octanol–water partition coefficient (Wildman–Crippen LogP) is 1.30. The number of likely N-dealkylation sites (N-methyl/N-ethyl adjacent to an activating group) is 1. The molecule has 1 rings (SSSR count). The van der Waals surface area contributed by atoms with E-state index in [0.717, 1.165) is 39.3 Å². The van der Waals surface area contributed by atoms with E-state index in [1.165, 1.54) is 0 Å². The molecule has 0 atom stereocenters. The van der Waals surface area contributed by atoms with Crippen molar-refractivity contribution in [1.82, 2.24) is 9.80 Å². The third-order valence-corrected chi connectivity index (χ3v) is 2.38. The van der Waals surface area contributed by atoms with E-state index in [1.807, 2.05) is 27.7 Å². The highest BCUT2D eigenvalue weighted by Gasteiger charge is 2.12. The van der Waals surface area contributed by atoms with Gasteiger partial charge in [-0.05, 0) is 7.05 Å². The topological polar surface area (TPSA) is 35.9 Å². The van der Waals surface area contributed by atoms with Crippen molar-refractivity contribution in [2.45, 2.75) is 27.7 Å². The van der Waals surface area contributed by atoms with E-state index >= 15 is 0 Å². The van der Waals surface area contributed by atoms with Crippen LogP contribution >= 0.6 is 0 Å². The van der Waals surface area contributed by atoms with Crippen molar-refractivity contribution in [3.05, 3.63) is 0 Å². The number of aliphatic hydroxyl groups excluding tert-OH is 1. The van der Waals surface area contributed by atoms with Gasteiger partial charge in [-0.3, -0.25) is 4.90 Å². The smallest absolute Gasteiger partial charge is 0.0698 e. The SMILES string of the molecule is CC.CC.CN1CCN(CCOCCO)CC1. The van der Waals surface area contributed by atoms with Crippen LogP contribution in [0.2, 0.25) is 0 Å². The lowest BCUT2D eigenvalue weighted by atomic mass is 10.3. The highest BCUT2D eigenvalue weighted by atomic mass is 16.5. The first-order chi connectivity index (χ1) is 8.33. The maximum atomic E-state index is 8.49. The number of hydrogen-bond acceptors (Lipinski definition) is 4.